The summed E-state index contributed by atoms with van der Waals surface area (Å²) in [4.78, 5) is 20.1. The van der Waals surface area contributed by atoms with Gasteiger partial charge in [-0.25, -0.2) is 14.6 Å². The van der Waals surface area contributed by atoms with Crippen LogP contribution < -0.4 is 11.1 Å². The van der Waals surface area contributed by atoms with Crippen LogP contribution in [0.5, 0.6) is 0 Å². The van der Waals surface area contributed by atoms with Crippen LogP contribution in [-0.4, -0.2) is 41.6 Å². The lowest BCUT2D eigenvalue weighted by Gasteiger charge is -2.08. The Balaban J connectivity index is 1.57. The fraction of sp³-hybridized carbons (Fsp3) is 0.167. The Bertz CT molecular complexity index is 788. The average Bonchev–Trinajstić information content (AvgIpc) is 3.23. The summed E-state index contributed by atoms with van der Waals surface area (Å²) >= 11 is 2.55. The summed E-state index contributed by atoms with van der Waals surface area (Å²) in [6.45, 7) is 0.348. The van der Waals surface area contributed by atoms with Gasteiger partial charge in [-0.3, -0.25) is 4.79 Å². The van der Waals surface area contributed by atoms with E-state index in [1.54, 1.807) is 23.3 Å². The lowest BCUT2D eigenvalue weighted by molar-refractivity contribution is -0.118. The first-order valence-electron chi connectivity index (χ1n) is 6.50. The van der Waals surface area contributed by atoms with Crippen LogP contribution in [0, 0.1) is 0 Å². The van der Waals surface area contributed by atoms with E-state index in [1.165, 1.54) is 29.4 Å². The zero-order chi connectivity index (χ0) is 16.1. The largest absolute Gasteiger partial charge is 0.374 e. The molecule has 3 heterocycles. The van der Waals surface area contributed by atoms with Crippen molar-refractivity contribution in [1.29, 1.82) is 0 Å². The van der Waals surface area contributed by atoms with Gasteiger partial charge >= 0.3 is 0 Å². The van der Waals surface area contributed by atoms with Crippen LogP contribution in [0.25, 0.3) is 5.82 Å². The van der Waals surface area contributed by atoms with Crippen LogP contribution in [0.15, 0.2) is 35.3 Å². The van der Waals surface area contributed by atoms with E-state index < -0.39 is 0 Å². The highest BCUT2D eigenvalue weighted by Crippen LogP contribution is 2.23. The van der Waals surface area contributed by atoms with Gasteiger partial charge in [0.05, 0.1) is 5.75 Å². The minimum absolute atomic E-state index is 0.114. The van der Waals surface area contributed by atoms with E-state index in [0.717, 1.165) is 5.56 Å². The van der Waals surface area contributed by atoms with Gasteiger partial charge < -0.3 is 11.1 Å². The number of nitrogens with two attached hydrogens (primary N) is 1. The van der Waals surface area contributed by atoms with Gasteiger partial charge in [-0.2, -0.15) is 5.10 Å². The Morgan fingerprint density at radius 2 is 2.35 bits per heavy atom. The summed E-state index contributed by atoms with van der Waals surface area (Å²) in [6, 6.07) is 3.68. The molecule has 1 amide bonds. The quantitative estimate of drug-likeness (QED) is 0.617. The Kier molecular flexibility index (Phi) is 4.78. The van der Waals surface area contributed by atoms with Gasteiger partial charge in [0.1, 0.15) is 12.7 Å². The number of hydrogen-bond donors (Lipinski definition) is 2. The van der Waals surface area contributed by atoms with Crippen molar-refractivity contribution in [2.45, 2.75) is 10.9 Å². The Hall–Kier alpha value is -2.53. The standard InChI is InChI=1S/C12H12N8OS2/c13-11-18-19-12(23-11)22-5-9(21)16-4-8-2-1-3-15-10(8)20-7-14-6-17-20/h1-3,6-7H,4-5H2,(H2,13,18)(H,16,21). The third kappa shape index (κ3) is 4.02. The number of carbonyl (C=O) groups is 1. The van der Waals surface area contributed by atoms with Crippen LogP contribution in [-0.2, 0) is 11.3 Å². The van der Waals surface area contributed by atoms with Crippen molar-refractivity contribution in [3.05, 3.63) is 36.5 Å². The van der Waals surface area contributed by atoms with E-state index in [0.29, 0.717) is 21.8 Å². The van der Waals surface area contributed by atoms with Gasteiger partial charge in [-0.15, -0.1) is 10.2 Å². The third-order valence-corrected chi connectivity index (χ3v) is 4.61. The summed E-state index contributed by atoms with van der Waals surface area (Å²) < 4.78 is 2.22. The van der Waals surface area contributed by atoms with Crippen molar-refractivity contribution >= 4 is 34.1 Å². The van der Waals surface area contributed by atoms with E-state index in [-0.39, 0.29) is 11.7 Å². The van der Waals surface area contributed by atoms with Crippen LogP contribution in [0.2, 0.25) is 0 Å². The molecule has 0 fully saturated rings. The second-order valence-electron chi connectivity index (χ2n) is 4.30. The number of anilines is 1. The predicted octanol–water partition coefficient (Wildman–Crippen LogP) is 0.504. The molecule has 0 radical (unpaired) electrons. The van der Waals surface area contributed by atoms with E-state index in [2.05, 4.69) is 30.6 Å². The minimum Gasteiger partial charge on any atom is -0.374 e. The predicted molar refractivity (Wildman–Crippen MR) is 86.0 cm³/mol. The molecule has 23 heavy (non-hydrogen) atoms. The molecule has 3 aromatic rings. The molecule has 0 aliphatic heterocycles. The highest BCUT2D eigenvalue weighted by molar-refractivity contribution is 8.01. The SMILES string of the molecule is Nc1nnc(SCC(=O)NCc2cccnc2-n2cncn2)s1. The van der Waals surface area contributed by atoms with Crippen molar-refractivity contribution in [3.63, 3.8) is 0 Å². The first kappa shape index (κ1) is 15.4. The molecule has 3 aromatic heterocycles. The van der Waals surface area contributed by atoms with Crippen LogP contribution >= 0.6 is 23.1 Å². The molecule has 0 aliphatic carbocycles. The number of aromatic nitrogens is 6. The Labute approximate surface area is 139 Å². The molecular weight excluding hydrogens is 336 g/mol. The highest BCUT2D eigenvalue weighted by atomic mass is 32.2. The molecule has 11 heteroatoms. The number of rotatable bonds is 6. The first-order valence-corrected chi connectivity index (χ1v) is 8.30. The van der Waals surface area contributed by atoms with Crippen molar-refractivity contribution in [2.24, 2.45) is 0 Å². The van der Waals surface area contributed by atoms with E-state index in [4.69, 9.17) is 5.73 Å². The van der Waals surface area contributed by atoms with Crippen molar-refractivity contribution < 1.29 is 4.79 Å². The summed E-state index contributed by atoms with van der Waals surface area (Å²) in [5.74, 6) is 0.764. The molecule has 0 aromatic carbocycles. The molecule has 0 saturated heterocycles. The second-order valence-corrected chi connectivity index (χ2v) is 6.53. The van der Waals surface area contributed by atoms with Gasteiger partial charge in [0.2, 0.25) is 11.0 Å². The monoisotopic (exact) mass is 348 g/mol. The van der Waals surface area contributed by atoms with Crippen LogP contribution in [0.4, 0.5) is 5.13 Å². The summed E-state index contributed by atoms with van der Waals surface area (Å²) in [6.07, 6.45) is 4.66. The van der Waals surface area contributed by atoms with E-state index >= 15 is 0 Å². The maximum atomic E-state index is 11.9. The maximum absolute atomic E-state index is 11.9. The summed E-state index contributed by atoms with van der Waals surface area (Å²) in [5, 5.41) is 14.8. The fourth-order valence-electron chi connectivity index (χ4n) is 1.74. The number of hydrogen-bond acceptors (Lipinski definition) is 9. The topological polar surface area (TPSA) is 124 Å². The molecule has 9 nitrogen and oxygen atoms in total. The van der Waals surface area contributed by atoms with Gasteiger partial charge in [0.25, 0.3) is 0 Å². The number of nitrogen functional groups attached to an aromatic ring is 1. The lowest BCUT2D eigenvalue weighted by atomic mass is 10.2. The molecule has 0 atom stereocenters. The molecular formula is C12H12N8OS2. The number of carbonyl (C=O) groups excluding carboxylic acids is 1. The molecule has 0 saturated carbocycles. The fourth-order valence-corrected chi connectivity index (χ4v) is 3.21. The van der Waals surface area contributed by atoms with Crippen LogP contribution in [0.1, 0.15) is 5.56 Å². The van der Waals surface area contributed by atoms with Crippen molar-refractivity contribution in [1.82, 2.24) is 35.3 Å². The Morgan fingerprint density at radius 3 is 3.09 bits per heavy atom. The molecule has 0 unspecified atom stereocenters. The van der Waals surface area contributed by atoms with Gasteiger partial charge in [-0.1, -0.05) is 29.2 Å². The Morgan fingerprint density at radius 1 is 1.43 bits per heavy atom. The lowest BCUT2D eigenvalue weighted by Crippen LogP contribution is -2.25. The van der Waals surface area contributed by atoms with Crippen molar-refractivity contribution in [2.75, 3.05) is 11.5 Å². The molecule has 0 bridgehead atoms. The third-order valence-electron chi connectivity index (χ3n) is 2.73. The average molecular weight is 348 g/mol. The molecule has 0 aliphatic rings. The maximum Gasteiger partial charge on any atom is 0.230 e. The molecule has 3 N–H and O–H groups in total. The summed E-state index contributed by atoms with van der Waals surface area (Å²) in [5.41, 5.74) is 6.34. The number of amides is 1. The van der Waals surface area contributed by atoms with Crippen molar-refractivity contribution in [3.8, 4) is 5.82 Å². The zero-order valence-corrected chi connectivity index (χ0v) is 13.4. The van der Waals surface area contributed by atoms with Crippen LogP contribution in [0.3, 0.4) is 0 Å². The second kappa shape index (κ2) is 7.15. The number of nitrogens with zero attached hydrogens (tertiary/aromatic N) is 6. The molecule has 118 valence electrons. The number of nitrogens with one attached hydrogen (secondary N) is 1. The van der Waals surface area contributed by atoms with E-state index in [9.17, 15) is 4.79 Å². The number of thioether (sulfide) groups is 1. The van der Waals surface area contributed by atoms with Gasteiger partial charge in [0.15, 0.2) is 10.2 Å². The first-order chi connectivity index (χ1) is 11.2. The van der Waals surface area contributed by atoms with Gasteiger partial charge in [-0.05, 0) is 6.07 Å². The zero-order valence-electron chi connectivity index (χ0n) is 11.8. The molecule has 3 rings (SSSR count). The highest BCUT2D eigenvalue weighted by Gasteiger charge is 2.10. The van der Waals surface area contributed by atoms with E-state index in [1.807, 2.05) is 6.07 Å². The summed E-state index contributed by atoms with van der Waals surface area (Å²) in [7, 11) is 0. The van der Waals surface area contributed by atoms with Gasteiger partial charge in [0, 0.05) is 18.3 Å². The smallest absolute Gasteiger partial charge is 0.230 e. The normalized spacial score (nSPS) is 10.6. The minimum atomic E-state index is -0.114. The molecule has 0 spiro atoms. The number of pyridine rings is 1.